The lowest BCUT2D eigenvalue weighted by Gasteiger charge is -2.30. The Bertz CT molecular complexity index is 1050. The van der Waals surface area contributed by atoms with Gasteiger partial charge in [-0.05, 0) is 68.7 Å². The van der Waals surface area contributed by atoms with E-state index in [4.69, 9.17) is 9.47 Å². The van der Waals surface area contributed by atoms with Crippen LogP contribution in [0.4, 0.5) is 5.69 Å². The molecule has 30 heavy (non-hydrogen) atoms. The molecule has 2 aromatic rings. The van der Waals surface area contributed by atoms with E-state index < -0.39 is 16.1 Å². The quantitative estimate of drug-likeness (QED) is 0.758. The van der Waals surface area contributed by atoms with E-state index in [1.54, 1.807) is 19.1 Å². The summed E-state index contributed by atoms with van der Waals surface area (Å²) in [5, 5.41) is 2.91. The Balaban J connectivity index is 1.80. The average molecular weight is 433 g/mol. The molecule has 0 unspecified atom stereocenters. The number of hydrogen-bond acceptors (Lipinski definition) is 5. The number of anilines is 1. The number of nitrogens with zero attached hydrogens (tertiary/aromatic N) is 1. The zero-order valence-electron chi connectivity index (χ0n) is 17.9. The lowest BCUT2D eigenvalue weighted by atomic mass is 10.1. The highest BCUT2D eigenvalue weighted by Crippen LogP contribution is 2.32. The van der Waals surface area contributed by atoms with E-state index in [2.05, 4.69) is 5.32 Å². The van der Waals surface area contributed by atoms with E-state index >= 15 is 0 Å². The van der Waals surface area contributed by atoms with E-state index in [9.17, 15) is 13.2 Å². The van der Waals surface area contributed by atoms with Crippen molar-refractivity contribution in [2.24, 2.45) is 0 Å². The molecule has 2 atom stereocenters. The Morgan fingerprint density at radius 2 is 1.67 bits per heavy atom. The third kappa shape index (κ3) is 4.70. The predicted octanol–water partition coefficient (Wildman–Crippen LogP) is 3.11. The van der Waals surface area contributed by atoms with E-state index in [1.807, 2.05) is 45.0 Å². The monoisotopic (exact) mass is 432 g/mol. The van der Waals surface area contributed by atoms with Crippen molar-refractivity contribution in [3.63, 3.8) is 0 Å². The number of carbonyl (C=O) groups excluding carboxylic acids is 1. The van der Waals surface area contributed by atoms with Gasteiger partial charge in [0.15, 0.2) is 11.5 Å². The zero-order chi connectivity index (χ0) is 22.1. The second-order valence-electron chi connectivity index (χ2n) is 7.64. The fourth-order valence-electron chi connectivity index (χ4n) is 3.42. The second-order valence-corrected chi connectivity index (χ2v) is 9.50. The highest BCUT2D eigenvalue weighted by molar-refractivity contribution is 7.92. The van der Waals surface area contributed by atoms with Crippen molar-refractivity contribution in [2.75, 3.05) is 23.8 Å². The topological polar surface area (TPSA) is 84.9 Å². The summed E-state index contributed by atoms with van der Waals surface area (Å²) in [5.74, 6) is 0.928. The van der Waals surface area contributed by atoms with Gasteiger partial charge in [0.2, 0.25) is 15.9 Å². The maximum atomic E-state index is 13.0. The van der Waals surface area contributed by atoms with Crippen LogP contribution in [0.5, 0.6) is 11.5 Å². The molecule has 0 saturated carbocycles. The molecule has 1 amide bonds. The normalized spacial score (nSPS) is 15.2. The minimum absolute atomic E-state index is 0.336. The van der Waals surface area contributed by atoms with Gasteiger partial charge in [0.1, 0.15) is 19.3 Å². The number of carbonyl (C=O) groups is 1. The molecular weight excluding hydrogens is 404 g/mol. The molecule has 0 aliphatic carbocycles. The fraction of sp³-hybridized carbons (Fsp3) is 0.409. The van der Waals surface area contributed by atoms with Gasteiger partial charge in [-0.15, -0.1) is 0 Å². The number of benzene rings is 2. The molecule has 7 nitrogen and oxygen atoms in total. The predicted molar refractivity (Wildman–Crippen MR) is 117 cm³/mol. The number of aryl methyl sites for hydroxylation is 2. The summed E-state index contributed by atoms with van der Waals surface area (Å²) in [6.45, 7) is 8.28. The molecule has 1 heterocycles. The Labute approximate surface area is 178 Å². The van der Waals surface area contributed by atoms with Gasteiger partial charge in [0, 0.05) is 0 Å². The third-order valence-corrected chi connectivity index (χ3v) is 6.50. The van der Waals surface area contributed by atoms with Gasteiger partial charge in [0.05, 0.1) is 18.0 Å². The molecule has 0 spiro atoms. The molecule has 0 aromatic heterocycles. The molecule has 0 bridgehead atoms. The van der Waals surface area contributed by atoms with Gasteiger partial charge in [-0.1, -0.05) is 12.1 Å². The van der Waals surface area contributed by atoms with Crippen LogP contribution in [0.25, 0.3) is 0 Å². The second kappa shape index (κ2) is 8.55. The largest absolute Gasteiger partial charge is 0.486 e. The van der Waals surface area contributed by atoms with Gasteiger partial charge < -0.3 is 14.8 Å². The summed E-state index contributed by atoms with van der Waals surface area (Å²) in [7, 11) is -3.67. The molecule has 0 radical (unpaired) electrons. The highest BCUT2D eigenvalue weighted by Gasteiger charge is 2.30. The number of rotatable bonds is 6. The van der Waals surface area contributed by atoms with Crippen LogP contribution < -0.4 is 19.1 Å². The Morgan fingerprint density at radius 3 is 2.30 bits per heavy atom. The number of sulfonamides is 1. The van der Waals surface area contributed by atoms with E-state index in [-0.39, 0.29) is 11.9 Å². The van der Waals surface area contributed by atoms with Gasteiger partial charge >= 0.3 is 0 Å². The van der Waals surface area contributed by atoms with Crippen molar-refractivity contribution >= 4 is 21.6 Å². The molecule has 2 aromatic carbocycles. The van der Waals surface area contributed by atoms with E-state index in [0.29, 0.717) is 30.4 Å². The van der Waals surface area contributed by atoms with Crippen LogP contribution in [0, 0.1) is 13.8 Å². The number of ether oxygens (including phenoxy) is 2. The van der Waals surface area contributed by atoms with Crippen molar-refractivity contribution in [2.45, 2.75) is 39.8 Å². The molecule has 1 aliphatic rings. The smallest absolute Gasteiger partial charge is 0.244 e. The zero-order valence-corrected chi connectivity index (χ0v) is 18.7. The van der Waals surface area contributed by atoms with Crippen molar-refractivity contribution < 1.29 is 22.7 Å². The fourth-order valence-corrected chi connectivity index (χ4v) is 4.58. The molecular formula is C22H28N2O5S. The Morgan fingerprint density at radius 1 is 1.00 bits per heavy atom. The van der Waals surface area contributed by atoms with Crippen LogP contribution in [0.1, 0.15) is 36.6 Å². The summed E-state index contributed by atoms with van der Waals surface area (Å²) in [6, 6.07) is 9.61. The first-order chi connectivity index (χ1) is 14.1. The minimum atomic E-state index is -3.67. The van der Waals surface area contributed by atoms with Crippen molar-refractivity contribution in [1.29, 1.82) is 0 Å². The molecule has 0 saturated heterocycles. The van der Waals surface area contributed by atoms with E-state index in [0.717, 1.165) is 27.3 Å². The lowest BCUT2D eigenvalue weighted by molar-refractivity contribution is -0.122. The van der Waals surface area contributed by atoms with Crippen molar-refractivity contribution in [1.82, 2.24) is 5.32 Å². The number of nitrogens with one attached hydrogen (secondary N) is 1. The SMILES string of the molecule is Cc1ccc(N([C@@H](C)C(=O)N[C@H](C)c2ccc3c(c2)OCCO3)S(C)(=O)=O)cc1C. The van der Waals surface area contributed by atoms with Gasteiger partial charge in [-0.2, -0.15) is 0 Å². The standard InChI is InChI=1S/C22H28N2O5S/c1-14-6-8-19(12-15(14)2)24(30(5,26)27)17(4)22(25)23-16(3)18-7-9-20-21(13-18)29-11-10-28-20/h6-9,12-13,16-17H,10-11H2,1-5H3,(H,23,25)/t16-,17+/m1/s1. The van der Waals surface area contributed by atoms with Gasteiger partial charge in [0.25, 0.3) is 0 Å². The van der Waals surface area contributed by atoms with Gasteiger partial charge in [-0.3, -0.25) is 9.10 Å². The van der Waals surface area contributed by atoms with Gasteiger partial charge in [-0.25, -0.2) is 8.42 Å². The molecule has 162 valence electrons. The Kier molecular flexibility index (Phi) is 6.26. The third-order valence-electron chi connectivity index (χ3n) is 5.26. The van der Waals surface area contributed by atoms with Crippen LogP contribution in [0.3, 0.4) is 0 Å². The number of hydrogen-bond donors (Lipinski definition) is 1. The molecule has 3 rings (SSSR count). The molecule has 0 fully saturated rings. The Hall–Kier alpha value is -2.74. The maximum Gasteiger partial charge on any atom is 0.244 e. The average Bonchev–Trinajstić information content (AvgIpc) is 2.69. The molecule has 1 N–H and O–H groups in total. The van der Waals surface area contributed by atoms with Crippen LogP contribution in [-0.4, -0.2) is 39.8 Å². The summed E-state index contributed by atoms with van der Waals surface area (Å²) < 4.78 is 37.3. The summed E-state index contributed by atoms with van der Waals surface area (Å²) >= 11 is 0. The van der Waals surface area contributed by atoms with Crippen LogP contribution in [0.15, 0.2) is 36.4 Å². The number of amides is 1. The van der Waals surface area contributed by atoms with E-state index in [1.165, 1.54) is 0 Å². The summed E-state index contributed by atoms with van der Waals surface area (Å²) in [6.07, 6.45) is 1.11. The maximum absolute atomic E-state index is 13.0. The first-order valence-corrected chi connectivity index (χ1v) is 11.7. The van der Waals surface area contributed by atoms with Crippen LogP contribution >= 0.6 is 0 Å². The van der Waals surface area contributed by atoms with Crippen molar-refractivity contribution in [3.05, 3.63) is 53.1 Å². The molecule has 8 heteroatoms. The summed E-state index contributed by atoms with van der Waals surface area (Å²) in [5.41, 5.74) is 3.32. The van der Waals surface area contributed by atoms with Crippen LogP contribution in [0.2, 0.25) is 0 Å². The molecule has 1 aliphatic heterocycles. The summed E-state index contributed by atoms with van der Waals surface area (Å²) in [4.78, 5) is 13.0. The first-order valence-electron chi connectivity index (χ1n) is 9.84. The van der Waals surface area contributed by atoms with Crippen LogP contribution in [-0.2, 0) is 14.8 Å². The first kappa shape index (κ1) is 22.0. The minimum Gasteiger partial charge on any atom is -0.486 e. The number of fused-ring (bicyclic) bond motifs is 1. The van der Waals surface area contributed by atoms with Crippen molar-refractivity contribution in [3.8, 4) is 11.5 Å². The highest BCUT2D eigenvalue weighted by atomic mass is 32.2. The lowest BCUT2D eigenvalue weighted by Crippen LogP contribution is -2.48.